The van der Waals surface area contributed by atoms with E-state index in [1.807, 2.05) is 6.92 Å². The maximum atomic E-state index is 12.0. The normalized spacial score (nSPS) is 19.4. The summed E-state index contributed by atoms with van der Waals surface area (Å²) < 4.78 is 0. The van der Waals surface area contributed by atoms with Crippen molar-refractivity contribution < 1.29 is 9.59 Å². The van der Waals surface area contributed by atoms with Crippen molar-refractivity contribution in [2.24, 2.45) is 0 Å². The minimum absolute atomic E-state index is 0.114. The highest BCUT2D eigenvalue weighted by Gasteiger charge is 2.22. The predicted molar refractivity (Wildman–Crippen MR) is 69.5 cm³/mol. The largest absolute Gasteiger partial charge is 0.354 e. The van der Waals surface area contributed by atoms with Crippen LogP contribution < -0.4 is 10.6 Å². The van der Waals surface area contributed by atoms with Crippen LogP contribution in [0.25, 0.3) is 0 Å². The number of hydrogen-bond acceptors (Lipinski definition) is 4. The molecule has 6 heteroatoms. The Labute approximate surface area is 112 Å². The number of carbonyl (C=O) groups is 2. The Bertz CT molecular complexity index is 458. The van der Waals surface area contributed by atoms with Crippen molar-refractivity contribution in [1.82, 2.24) is 20.6 Å². The minimum atomic E-state index is -0.458. The third kappa shape index (κ3) is 3.49. The highest BCUT2D eigenvalue weighted by Crippen LogP contribution is 2.06. The van der Waals surface area contributed by atoms with Crippen LogP contribution in [0, 0.1) is 0 Å². The lowest BCUT2D eigenvalue weighted by atomic mass is 10.1. The number of aryl methyl sites for hydroxylation is 1. The first-order valence-electron chi connectivity index (χ1n) is 6.60. The Morgan fingerprint density at radius 2 is 2.16 bits per heavy atom. The van der Waals surface area contributed by atoms with Crippen molar-refractivity contribution in [1.29, 1.82) is 0 Å². The first-order valence-corrected chi connectivity index (χ1v) is 6.60. The van der Waals surface area contributed by atoms with Gasteiger partial charge in [-0.05, 0) is 19.3 Å². The number of aromatic nitrogens is 2. The summed E-state index contributed by atoms with van der Waals surface area (Å²) in [4.78, 5) is 31.9. The van der Waals surface area contributed by atoms with Crippen LogP contribution >= 0.6 is 0 Å². The maximum Gasteiger partial charge on any atom is 0.255 e. The van der Waals surface area contributed by atoms with Crippen LogP contribution in [0.2, 0.25) is 0 Å². The van der Waals surface area contributed by atoms with Gasteiger partial charge in [-0.1, -0.05) is 6.92 Å². The summed E-state index contributed by atoms with van der Waals surface area (Å²) in [5.74, 6) is 0.283. The zero-order chi connectivity index (χ0) is 13.7. The lowest BCUT2D eigenvalue weighted by Gasteiger charge is -2.14. The van der Waals surface area contributed by atoms with Crippen LogP contribution in [0.15, 0.2) is 12.4 Å². The molecule has 1 unspecified atom stereocenters. The molecule has 0 aromatic carbocycles. The Morgan fingerprint density at radius 1 is 1.42 bits per heavy atom. The number of carbonyl (C=O) groups excluding carboxylic acids is 2. The zero-order valence-corrected chi connectivity index (χ0v) is 11.0. The van der Waals surface area contributed by atoms with E-state index in [9.17, 15) is 9.59 Å². The van der Waals surface area contributed by atoms with Crippen LogP contribution in [0.1, 0.15) is 42.4 Å². The standard InChI is InChI=1S/C13H18N4O2/c1-2-11-15-7-9(8-16-11)12(18)17-10-5-3-4-6-14-13(10)19/h7-8,10H,2-6H2,1H3,(H,14,19)(H,17,18). The van der Waals surface area contributed by atoms with Crippen LogP contribution in [0.4, 0.5) is 0 Å². The lowest BCUT2D eigenvalue weighted by molar-refractivity contribution is -0.122. The van der Waals surface area contributed by atoms with E-state index in [0.717, 1.165) is 19.3 Å². The molecule has 0 spiro atoms. The first kappa shape index (κ1) is 13.5. The summed E-state index contributed by atoms with van der Waals surface area (Å²) in [6, 6.07) is -0.458. The van der Waals surface area contributed by atoms with E-state index in [1.165, 1.54) is 12.4 Å². The third-order valence-corrected chi connectivity index (χ3v) is 3.12. The molecule has 1 saturated heterocycles. The van der Waals surface area contributed by atoms with Crippen molar-refractivity contribution in [3.8, 4) is 0 Å². The third-order valence-electron chi connectivity index (χ3n) is 3.12. The highest BCUT2D eigenvalue weighted by atomic mass is 16.2. The van der Waals surface area contributed by atoms with E-state index in [-0.39, 0.29) is 11.8 Å². The molecule has 19 heavy (non-hydrogen) atoms. The molecule has 2 amide bonds. The monoisotopic (exact) mass is 262 g/mol. The molecule has 1 aliphatic heterocycles. The molecule has 2 N–H and O–H groups in total. The fourth-order valence-electron chi connectivity index (χ4n) is 1.97. The fourth-order valence-corrected chi connectivity index (χ4v) is 1.97. The predicted octanol–water partition coefficient (Wildman–Crippen LogP) is 0.437. The van der Waals surface area contributed by atoms with Crippen LogP contribution in [-0.2, 0) is 11.2 Å². The number of hydrogen-bond donors (Lipinski definition) is 2. The second-order valence-corrected chi connectivity index (χ2v) is 4.55. The number of nitrogens with one attached hydrogen (secondary N) is 2. The quantitative estimate of drug-likeness (QED) is 0.827. The Kier molecular flexibility index (Phi) is 4.43. The molecule has 1 atom stereocenters. The van der Waals surface area contributed by atoms with Gasteiger partial charge >= 0.3 is 0 Å². The average Bonchev–Trinajstić information content (AvgIpc) is 2.64. The maximum absolute atomic E-state index is 12.0. The number of nitrogens with zero attached hydrogens (tertiary/aromatic N) is 2. The summed E-state index contributed by atoms with van der Waals surface area (Å²) in [6.45, 7) is 2.63. The molecular weight excluding hydrogens is 244 g/mol. The molecule has 1 aliphatic rings. The van der Waals surface area contributed by atoms with Gasteiger partial charge in [-0.25, -0.2) is 9.97 Å². The van der Waals surface area contributed by atoms with E-state index in [0.29, 0.717) is 24.4 Å². The number of rotatable bonds is 3. The van der Waals surface area contributed by atoms with Gasteiger partial charge in [-0.15, -0.1) is 0 Å². The zero-order valence-electron chi connectivity index (χ0n) is 11.0. The van der Waals surface area contributed by atoms with Crippen LogP contribution in [-0.4, -0.2) is 34.4 Å². The molecular formula is C13H18N4O2. The van der Waals surface area contributed by atoms with Crippen molar-refractivity contribution >= 4 is 11.8 Å². The molecule has 0 bridgehead atoms. The molecule has 0 aliphatic carbocycles. The summed E-state index contributed by atoms with van der Waals surface area (Å²) in [6.07, 6.45) is 6.27. The molecule has 2 rings (SSSR count). The van der Waals surface area contributed by atoms with Crippen molar-refractivity contribution in [2.75, 3.05) is 6.54 Å². The molecule has 1 aromatic rings. The van der Waals surface area contributed by atoms with Crippen molar-refractivity contribution in [3.63, 3.8) is 0 Å². The van der Waals surface area contributed by atoms with E-state index >= 15 is 0 Å². The van der Waals surface area contributed by atoms with Crippen molar-refractivity contribution in [3.05, 3.63) is 23.8 Å². The van der Waals surface area contributed by atoms with E-state index < -0.39 is 6.04 Å². The molecule has 2 heterocycles. The smallest absolute Gasteiger partial charge is 0.255 e. The molecule has 102 valence electrons. The Hall–Kier alpha value is -1.98. The first-order chi connectivity index (χ1) is 9.20. The molecule has 1 fully saturated rings. The van der Waals surface area contributed by atoms with Gasteiger partial charge in [0.05, 0.1) is 5.56 Å². The SMILES string of the molecule is CCc1ncc(C(=O)NC2CCCCNC2=O)cn1. The van der Waals surface area contributed by atoms with Gasteiger partial charge in [0.2, 0.25) is 5.91 Å². The van der Waals surface area contributed by atoms with Gasteiger partial charge < -0.3 is 10.6 Å². The van der Waals surface area contributed by atoms with E-state index in [4.69, 9.17) is 0 Å². The summed E-state index contributed by atoms with van der Waals surface area (Å²) >= 11 is 0. The molecule has 6 nitrogen and oxygen atoms in total. The van der Waals surface area contributed by atoms with Gasteiger partial charge in [-0.2, -0.15) is 0 Å². The van der Waals surface area contributed by atoms with E-state index in [1.54, 1.807) is 0 Å². The second kappa shape index (κ2) is 6.26. The van der Waals surface area contributed by atoms with Gasteiger partial charge in [0.15, 0.2) is 0 Å². The molecule has 0 saturated carbocycles. The summed E-state index contributed by atoms with van der Waals surface area (Å²) in [7, 11) is 0. The van der Waals surface area contributed by atoms with Gasteiger partial charge in [0.1, 0.15) is 11.9 Å². The van der Waals surface area contributed by atoms with Crippen LogP contribution in [0.3, 0.4) is 0 Å². The molecule has 1 aromatic heterocycles. The summed E-state index contributed by atoms with van der Waals surface area (Å²) in [5.41, 5.74) is 0.384. The second-order valence-electron chi connectivity index (χ2n) is 4.55. The topological polar surface area (TPSA) is 84.0 Å². The Morgan fingerprint density at radius 3 is 2.84 bits per heavy atom. The van der Waals surface area contributed by atoms with E-state index in [2.05, 4.69) is 20.6 Å². The van der Waals surface area contributed by atoms with Gasteiger partial charge in [0.25, 0.3) is 5.91 Å². The summed E-state index contributed by atoms with van der Waals surface area (Å²) in [5, 5.41) is 5.52. The van der Waals surface area contributed by atoms with Crippen molar-refractivity contribution in [2.45, 2.75) is 38.6 Å². The highest BCUT2D eigenvalue weighted by molar-refractivity contribution is 5.97. The minimum Gasteiger partial charge on any atom is -0.354 e. The Balaban J connectivity index is 2.00. The molecule has 0 radical (unpaired) electrons. The lowest BCUT2D eigenvalue weighted by Crippen LogP contribution is -2.45. The average molecular weight is 262 g/mol. The fraction of sp³-hybridized carbons (Fsp3) is 0.538. The van der Waals surface area contributed by atoms with Crippen LogP contribution in [0.5, 0.6) is 0 Å². The number of amides is 2. The van der Waals surface area contributed by atoms with Gasteiger partial charge in [0, 0.05) is 25.4 Å². The van der Waals surface area contributed by atoms with Gasteiger partial charge in [-0.3, -0.25) is 9.59 Å².